The summed E-state index contributed by atoms with van der Waals surface area (Å²) in [6.45, 7) is 4.76. The Morgan fingerprint density at radius 2 is 1.94 bits per heavy atom. The van der Waals surface area contributed by atoms with Crippen LogP contribution >= 0.6 is 0 Å². The van der Waals surface area contributed by atoms with Crippen molar-refractivity contribution in [3.63, 3.8) is 0 Å². The summed E-state index contributed by atoms with van der Waals surface area (Å²) in [4.78, 5) is 5.69. The summed E-state index contributed by atoms with van der Waals surface area (Å²) in [7, 11) is 3.86. The Morgan fingerprint density at radius 3 is 2.44 bits per heavy atom. The molecule has 0 aliphatic heterocycles. The first-order chi connectivity index (χ1) is 8.31. The Balaban J connectivity index is 2.90. The van der Waals surface area contributed by atoms with E-state index in [9.17, 15) is 8.78 Å². The van der Waals surface area contributed by atoms with Crippen LogP contribution in [0.25, 0.3) is 0 Å². The molecule has 102 valence electrons. The molecule has 0 amide bonds. The van der Waals surface area contributed by atoms with Gasteiger partial charge in [0.25, 0.3) is 0 Å². The molecule has 1 aromatic rings. The molecule has 0 spiro atoms. The first-order valence-electron chi connectivity index (χ1n) is 5.84. The van der Waals surface area contributed by atoms with Crippen LogP contribution in [-0.4, -0.2) is 36.6 Å². The van der Waals surface area contributed by atoms with Crippen molar-refractivity contribution < 1.29 is 8.78 Å². The van der Waals surface area contributed by atoms with Gasteiger partial charge in [-0.1, -0.05) is 13.8 Å². The molecule has 0 saturated heterocycles. The fourth-order valence-electron chi connectivity index (χ4n) is 1.57. The SMILES string of the molecule is CC(C)C(CN(C)C)Nc1nc(N)c(F)cc1F. The Bertz CT molecular complexity index is 407. The summed E-state index contributed by atoms with van der Waals surface area (Å²) in [6, 6.07) is 0.754. The average Bonchev–Trinajstić information content (AvgIpc) is 2.23. The molecule has 0 aliphatic carbocycles. The highest BCUT2D eigenvalue weighted by Crippen LogP contribution is 2.19. The summed E-state index contributed by atoms with van der Waals surface area (Å²) in [5.41, 5.74) is 5.34. The molecule has 0 radical (unpaired) electrons. The van der Waals surface area contributed by atoms with E-state index in [1.165, 1.54) is 0 Å². The number of halogens is 2. The Kier molecular flexibility index (Phi) is 4.84. The molecule has 18 heavy (non-hydrogen) atoms. The molecular formula is C12H20F2N4. The minimum atomic E-state index is -0.841. The number of pyridine rings is 1. The molecule has 0 fully saturated rings. The second kappa shape index (κ2) is 5.95. The lowest BCUT2D eigenvalue weighted by Gasteiger charge is -2.26. The van der Waals surface area contributed by atoms with Crippen molar-refractivity contribution in [1.82, 2.24) is 9.88 Å². The summed E-state index contributed by atoms with van der Waals surface area (Å²) in [5, 5.41) is 2.97. The summed E-state index contributed by atoms with van der Waals surface area (Å²) < 4.78 is 26.6. The molecule has 1 heterocycles. The number of hydrogen-bond acceptors (Lipinski definition) is 4. The zero-order chi connectivity index (χ0) is 13.9. The molecule has 0 bridgehead atoms. The van der Waals surface area contributed by atoms with Crippen molar-refractivity contribution in [3.8, 4) is 0 Å². The highest BCUT2D eigenvalue weighted by molar-refractivity contribution is 5.45. The number of hydrogen-bond donors (Lipinski definition) is 2. The lowest BCUT2D eigenvalue weighted by molar-refractivity contribution is 0.343. The van der Waals surface area contributed by atoms with E-state index < -0.39 is 11.6 Å². The number of nitrogens with one attached hydrogen (secondary N) is 1. The number of aromatic nitrogens is 1. The van der Waals surface area contributed by atoms with E-state index in [0.717, 1.165) is 12.6 Å². The standard InChI is InChI=1S/C12H20F2N4/c1-7(2)10(6-18(3)4)16-12-9(14)5-8(13)11(15)17-12/h5,7,10H,6H2,1-4H3,(H3,15,16,17). The van der Waals surface area contributed by atoms with E-state index in [0.29, 0.717) is 0 Å². The van der Waals surface area contributed by atoms with Gasteiger partial charge in [0, 0.05) is 18.7 Å². The van der Waals surface area contributed by atoms with Crippen LogP contribution in [0.4, 0.5) is 20.4 Å². The maximum atomic E-state index is 13.6. The zero-order valence-electron chi connectivity index (χ0n) is 11.2. The third-order valence-electron chi connectivity index (χ3n) is 2.65. The van der Waals surface area contributed by atoms with Crippen LogP contribution in [0.3, 0.4) is 0 Å². The van der Waals surface area contributed by atoms with Crippen LogP contribution in [0.1, 0.15) is 13.8 Å². The molecule has 1 atom stereocenters. The van der Waals surface area contributed by atoms with Crippen molar-refractivity contribution in [3.05, 3.63) is 17.7 Å². The van der Waals surface area contributed by atoms with Gasteiger partial charge in [0.2, 0.25) is 0 Å². The molecule has 1 aromatic heterocycles. The molecule has 1 unspecified atom stereocenters. The van der Waals surface area contributed by atoms with Gasteiger partial charge in [-0.05, 0) is 20.0 Å². The van der Waals surface area contributed by atoms with Crippen LogP contribution in [0.15, 0.2) is 6.07 Å². The Hall–Kier alpha value is -1.43. The molecule has 0 aliphatic rings. The van der Waals surface area contributed by atoms with Crippen molar-refractivity contribution in [1.29, 1.82) is 0 Å². The molecule has 1 rings (SSSR count). The van der Waals surface area contributed by atoms with Crippen molar-refractivity contribution in [2.24, 2.45) is 5.92 Å². The topological polar surface area (TPSA) is 54.2 Å². The Labute approximate surface area is 106 Å². The number of anilines is 2. The molecule has 4 nitrogen and oxygen atoms in total. The minimum Gasteiger partial charge on any atom is -0.381 e. The van der Waals surface area contributed by atoms with Crippen LogP contribution in [0.2, 0.25) is 0 Å². The molecule has 6 heteroatoms. The second-order valence-electron chi connectivity index (χ2n) is 4.94. The number of nitrogen functional groups attached to an aromatic ring is 1. The van der Waals surface area contributed by atoms with E-state index >= 15 is 0 Å². The lowest BCUT2D eigenvalue weighted by atomic mass is 10.0. The van der Waals surface area contributed by atoms with E-state index in [1.54, 1.807) is 0 Å². The molecule has 3 N–H and O–H groups in total. The maximum absolute atomic E-state index is 13.6. The van der Waals surface area contributed by atoms with Crippen molar-refractivity contribution in [2.45, 2.75) is 19.9 Å². The zero-order valence-corrected chi connectivity index (χ0v) is 11.2. The van der Waals surface area contributed by atoms with E-state index in [4.69, 9.17) is 5.73 Å². The molecule has 0 saturated carbocycles. The maximum Gasteiger partial charge on any atom is 0.168 e. The van der Waals surface area contributed by atoms with Gasteiger partial charge in [0.1, 0.15) is 0 Å². The second-order valence-corrected chi connectivity index (χ2v) is 4.94. The highest BCUT2D eigenvalue weighted by atomic mass is 19.1. The van der Waals surface area contributed by atoms with Gasteiger partial charge >= 0.3 is 0 Å². The summed E-state index contributed by atoms with van der Waals surface area (Å²) in [5.74, 6) is -1.60. The number of likely N-dealkylation sites (N-methyl/N-ethyl adjacent to an activating group) is 1. The lowest BCUT2D eigenvalue weighted by Crippen LogP contribution is -2.37. The number of rotatable bonds is 5. The molecular weight excluding hydrogens is 238 g/mol. The summed E-state index contributed by atoms with van der Waals surface area (Å²) in [6.07, 6.45) is 0. The summed E-state index contributed by atoms with van der Waals surface area (Å²) >= 11 is 0. The first-order valence-corrected chi connectivity index (χ1v) is 5.84. The largest absolute Gasteiger partial charge is 0.381 e. The van der Waals surface area contributed by atoms with Crippen molar-refractivity contribution >= 4 is 11.6 Å². The van der Waals surface area contributed by atoms with Gasteiger partial charge in [-0.25, -0.2) is 13.8 Å². The Morgan fingerprint density at radius 1 is 1.33 bits per heavy atom. The molecule has 0 aromatic carbocycles. The predicted molar refractivity (Wildman–Crippen MR) is 69.4 cm³/mol. The van der Waals surface area contributed by atoms with E-state index in [2.05, 4.69) is 10.3 Å². The number of nitrogens with two attached hydrogens (primary N) is 1. The predicted octanol–water partition coefficient (Wildman–Crippen LogP) is 1.94. The minimum absolute atomic E-state index is 0.00514. The van der Waals surface area contributed by atoms with E-state index in [1.807, 2.05) is 32.8 Å². The average molecular weight is 258 g/mol. The fraction of sp³-hybridized carbons (Fsp3) is 0.583. The van der Waals surface area contributed by atoms with Gasteiger partial charge in [-0.2, -0.15) is 0 Å². The fourth-order valence-corrected chi connectivity index (χ4v) is 1.57. The third kappa shape index (κ3) is 3.80. The van der Waals surface area contributed by atoms with Crippen LogP contribution < -0.4 is 11.1 Å². The van der Waals surface area contributed by atoms with Crippen LogP contribution in [-0.2, 0) is 0 Å². The van der Waals surface area contributed by atoms with Crippen LogP contribution in [0, 0.1) is 17.6 Å². The first kappa shape index (κ1) is 14.6. The smallest absolute Gasteiger partial charge is 0.168 e. The quantitative estimate of drug-likeness (QED) is 0.847. The monoisotopic (exact) mass is 258 g/mol. The van der Waals surface area contributed by atoms with Gasteiger partial charge in [-0.15, -0.1) is 0 Å². The van der Waals surface area contributed by atoms with Gasteiger partial charge in [-0.3, -0.25) is 0 Å². The normalized spacial score (nSPS) is 13.1. The highest BCUT2D eigenvalue weighted by Gasteiger charge is 2.18. The van der Waals surface area contributed by atoms with Crippen molar-refractivity contribution in [2.75, 3.05) is 31.7 Å². The van der Waals surface area contributed by atoms with Gasteiger partial charge < -0.3 is 16.0 Å². The van der Waals surface area contributed by atoms with Crippen LogP contribution in [0.5, 0.6) is 0 Å². The van der Waals surface area contributed by atoms with Gasteiger partial charge in [0.05, 0.1) is 0 Å². The van der Waals surface area contributed by atoms with E-state index in [-0.39, 0.29) is 23.6 Å². The third-order valence-corrected chi connectivity index (χ3v) is 2.65. The number of nitrogens with zero attached hydrogens (tertiary/aromatic N) is 2. The van der Waals surface area contributed by atoms with Gasteiger partial charge in [0.15, 0.2) is 23.3 Å².